The largest absolute Gasteiger partial charge is 0.496 e. The van der Waals surface area contributed by atoms with Crippen LogP contribution in [0, 0.1) is 22.8 Å². The number of nitriles is 2. The number of rotatable bonds is 2. The van der Waals surface area contributed by atoms with E-state index in [0.29, 0.717) is 0 Å². The van der Waals surface area contributed by atoms with E-state index in [2.05, 4.69) is 20.6 Å². The number of guanidine groups is 1. The molecule has 9 nitrogen and oxygen atoms in total. The number of fused-ring (bicyclic) bond motifs is 1. The van der Waals surface area contributed by atoms with E-state index >= 15 is 0 Å². The summed E-state index contributed by atoms with van der Waals surface area (Å²) in [6.07, 6.45) is -2.96. The lowest BCUT2D eigenvalue weighted by atomic mass is 9.93. The number of aliphatic imine (C=N–C) groups is 1. The summed E-state index contributed by atoms with van der Waals surface area (Å²) in [5.41, 5.74) is 10.8. The molecule has 1 aliphatic rings. The fourth-order valence-electron chi connectivity index (χ4n) is 2.93. The molecule has 0 bridgehead atoms. The second kappa shape index (κ2) is 7.09. The van der Waals surface area contributed by atoms with Gasteiger partial charge >= 0.3 is 6.18 Å². The molecule has 1 aromatic carbocycles. The quantitative estimate of drug-likeness (QED) is 0.439. The normalized spacial score (nSPS) is 15.2. The number of nitrogens with one attached hydrogen (secondary N) is 2. The van der Waals surface area contributed by atoms with Crippen molar-refractivity contribution in [1.82, 2.24) is 10.3 Å². The number of nitrogen functional groups attached to an aromatic ring is 2. The van der Waals surface area contributed by atoms with Crippen LogP contribution in [0.5, 0.6) is 5.75 Å². The Labute approximate surface area is 162 Å². The predicted octanol–water partition coefficient (Wildman–Crippen LogP) is 2.09. The van der Waals surface area contributed by atoms with E-state index in [9.17, 15) is 18.4 Å². The highest BCUT2D eigenvalue weighted by Gasteiger charge is 2.35. The molecule has 12 heteroatoms. The Morgan fingerprint density at radius 2 is 2.00 bits per heavy atom. The standard InChI is InChI=1S/C17H13F3N8O/c1-29-10-3-2-7(17(18,19)20)4-8(10)13-11-12(23)9(5-21)14(24)27-15(11)28-16(26-13)25-6-22/h2-4,13H,1H3,(H6,23,24,25,26,27,28). The van der Waals surface area contributed by atoms with Crippen LogP contribution in [0.15, 0.2) is 23.2 Å². The second-order valence-corrected chi connectivity index (χ2v) is 5.86. The molecule has 0 saturated carbocycles. The molecule has 0 radical (unpaired) electrons. The van der Waals surface area contributed by atoms with E-state index in [1.165, 1.54) is 7.11 Å². The van der Waals surface area contributed by atoms with Gasteiger partial charge in [-0.3, -0.25) is 5.32 Å². The lowest BCUT2D eigenvalue weighted by Gasteiger charge is -2.27. The SMILES string of the molecule is COc1ccc(C(F)(F)F)cc1C1N=C(NC#N)Nc2nc(N)c(C#N)c(N)c21. The van der Waals surface area contributed by atoms with E-state index in [1.54, 1.807) is 6.19 Å². The number of anilines is 3. The van der Waals surface area contributed by atoms with Crippen molar-refractivity contribution in [3.8, 4) is 18.0 Å². The van der Waals surface area contributed by atoms with Gasteiger partial charge in [-0.1, -0.05) is 0 Å². The highest BCUT2D eigenvalue weighted by molar-refractivity contribution is 5.98. The number of alkyl halides is 3. The van der Waals surface area contributed by atoms with Crippen LogP contribution in [0.25, 0.3) is 0 Å². The van der Waals surface area contributed by atoms with Gasteiger partial charge < -0.3 is 21.5 Å². The minimum atomic E-state index is -4.61. The van der Waals surface area contributed by atoms with Crippen molar-refractivity contribution < 1.29 is 17.9 Å². The number of ether oxygens (including phenoxy) is 1. The van der Waals surface area contributed by atoms with Gasteiger partial charge in [0.15, 0.2) is 6.19 Å². The summed E-state index contributed by atoms with van der Waals surface area (Å²) < 4.78 is 45.0. The van der Waals surface area contributed by atoms with Crippen LogP contribution in [0.3, 0.4) is 0 Å². The zero-order valence-corrected chi connectivity index (χ0v) is 14.8. The second-order valence-electron chi connectivity index (χ2n) is 5.86. The minimum Gasteiger partial charge on any atom is -0.496 e. The molecule has 1 aromatic heterocycles. The van der Waals surface area contributed by atoms with Crippen molar-refractivity contribution in [2.45, 2.75) is 12.2 Å². The first-order chi connectivity index (χ1) is 13.7. The van der Waals surface area contributed by atoms with Crippen LogP contribution in [0.1, 0.15) is 28.3 Å². The summed E-state index contributed by atoms with van der Waals surface area (Å²) >= 11 is 0. The molecule has 2 heterocycles. The molecule has 148 valence electrons. The van der Waals surface area contributed by atoms with E-state index in [4.69, 9.17) is 21.5 Å². The maximum absolute atomic E-state index is 13.3. The van der Waals surface area contributed by atoms with Gasteiger partial charge in [0, 0.05) is 11.1 Å². The Morgan fingerprint density at radius 3 is 2.59 bits per heavy atom. The molecule has 29 heavy (non-hydrogen) atoms. The average Bonchev–Trinajstić information content (AvgIpc) is 2.66. The number of hydrogen-bond donors (Lipinski definition) is 4. The van der Waals surface area contributed by atoms with Gasteiger partial charge in [0.2, 0.25) is 5.96 Å². The lowest BCUT2D eigenvalue weighted by Crippen LogP contribution is -2.33. The summed E-state index contributed by atoms with van der Waals surface area (Å²) in [5, 5.41) is 23.2. The third-order valence-corrected chi connectivity index (χ3v) is 4.21. The van der Waals surface area contributed by atoms with Crippen LogP contribution in [0.2, 0.25) is 0 Å². The molecule has 6 N–H and O–H groups in total. The van der Waals surface area contributed by atoms with Gasteiger partial charge in [0.1, 0.15) is 35.1 Å². The highest BCUT2D eigenvalue weighted by Crippen LogP contribution is 2.44. The van der Waals surface area contributed by atoms with Gasteiger partial charge in [-0.2, -0.15) is 23.7 Å². The van der Waals surface area contributed by atoms with E-state index in [0.717, 1.165) is 18.2 Å². The molecule has 1 aliphatic heterocycles. The molecule has 0 spiro atoms. The number of benzene rings is 1. The molecule has 2 aromatic rings. The molecular formula is C17H13F3N8O. The van der Waals surface area contributed by atoms with E-state index < -0.39 is 17.8 Å². The highest BCUT2D eigenvalue weighted by atomic mass is 19.4. The van der Waals surface area contributed by atoms with Gasteiger partial charge in [-0.05, 0) is 18.2 Å². The summed E-state index contributed by atoms with van der Waals surface area (Å²) in [6, 6.07) is 3.55. The van der Waals surface area contributed by atoms with Crippen LogP contribution in [-0.4, -0.2) is 18.1 Å². The predicted molar refractivity (Wildman–Crippen MR) is 97.4 cm³/mol. The van der Waals surface area contributed by atoms with Crippen molar-refractivity contribution in [2.24, 2.45) is 4.99 Å². The smallest absolute Gasteiger partial charge is 0.416 e. The van der Waals surface area contributed by atoms with Crippen molar-refractivity contribution in [2.75, 3.05) is 23.9 Å². The number of pyridine rings is 1. The lowest BCUT2D eigenvalue weighted by molar-refractivity contribution is -0.137. The fourth-order valence-corrected chi connectivity index (χ4v) is 2.93. The maximum atomic E-state index is 13.3. The van der Waals surface area contributed by atoms with Crippen LogP contribution < -0.4 is 26.8 Å². The van der Waals surface area contributed by atoms with Crippen LogP contribution in [-0.2, 0) is 6.18 Å². The molecule has 0 saturated heterocycles. The van der Waals surface area contributed by atoms with E-state index in [1.807, 2.05) is 6.07 Å². The Balaban J connectivity index is 2.32. The van der Waals surface area contributed by atoms with Crippen molar-refractivity contribution >= 4 is 23.3 Å². The Kier molecular flexibility index (Phi) is 4.78. The first kappa shape index (κ1) is 19.6. The summed E-state index contributed by atoms with van der Waals surface area (Å²) in [7, 11) is 1.29. The topological polar surface area (TPSA) is 158 Å². The third kappa shape index (κ3) is 3.39. The van der Waals surface area contributed by atoms with Gasteiger partial charge in [0.05, 0.1) is 18.4 Å². The monoisotopic (exact) mass is 402 g/mol. The molecule has 3 rings (SSSR count). The molecule has 0 aliphatic carbocycles. The zero-order valence-electron chi connectivity index (χ0n) is 14.8. The van der Waals surface area contributed by atoms with Crippen molar-refractivity contribution in [3.05, 3.63) is 40.5 Å². The molecule has 0 fully saturated rings. The first-order valence-electron chi connectivity index (χ1n) is 7.95. The van der Waals surface area contributed by atoms with Crippen molar-refractivity contribution in [3.63, 3.8) is 0 Å². The fraction of sp³-hybridized carbons (Fsp3) is 0.176. The van der Waals surface area contributed by atoms with Gasteiger partial charge in [-0.15, -0.1) is 0 Å². The van der Waals surface area contributed by atoms with Crippen LogP contribution >= 0.6 is 0 Å². The van der Waals surface area contributed by atoms with E-state index in [-0.39, 0.29) is 45.7 Å². The number of nitrogens with zero attached hydrogens (tertiary/aromatic N) is 4. The number of nitrogens with two attached hydrogens (primary N) is 2. The summed E-state index contributed by atoms with van der Waals surface area (Å²) in [6.45, 7) is 0. The zero-order chi connectivity index (χ0) is 21.3. The Morgan fingerprint density at radius 1 is 1.28 bits per heavy atom. The van der Waals surface area contributed by atoms with Gasteiger partial charge in [-0.25, -0.2) is 9.98 Å². The average molecular weight is 402 g/mol. The molecule has 1 unspecified atom stereocenters. The Hall–Kier alpha value is -4.19. The Bertz CT molecular complexity index is 1100. The van der Waals surface area contributed by atoms with Crippen LogP contribution in [0.4, 0.5) is 30.5 Å². The number of hydrogen-bond acceptors (Lipinski definition) is 9. The summed E-state index contributed by atoms with van der Waals surface area (Å²) in [5.74, 6) is -0.105. The first-order valence-corrected chi connectivity index (χ1v) is 7.95. The third-order valence-electron chi connectivity index (χ3n) is 4.21. The molecule has 1 atom stereocenters. The number of halogens is 3. The van der Waals surface area contributed by atoms with Crippen molar-refractivity contribution in [1.29, 1.82) is 10.5 Å². The molecule has 0 amide bonds. The number of aromatic nitrogens is 1. The number of methoxy groups -OCH3 is 1. The van der Waals surface area contributed by atoms with Gasteiger partial charge in [0.25, 0.3) is 0 Å². The minimum absolute atomic E-state index is 0.0180. The molecular weight excluding hydrogens is 389 g/mol. The maximum Gasteiger partial charge on any atom is 0.416 e. The summed E-state index contributed by atoms with van der Waals surface area (Å²) in [4.78, 5) is 8.29.